The van der Waals surface area contributed by atoms with E-state index in [1.54, 1.807) is 45.0 Å². The van der Waals surface area contributed by atoms with Gasteiger partial charge in [0.1, 0.15) is 0 Å². The number of benzene rings is 1. The molecule has 2 rings (SSSR count). The van der Waals surface area contributed by atoms with Crippen molar-refractivity contribution in [2.75, 3.05) is 0 Å². The van der Waals surface area contributed by atoms with E-state index in [0.29, 0.717) is 125 Å². The lowest BCUT2D eigenvalue weighted by molar-refractivity contribution is -0.00668. The smallest absolute Gasteiger partial charge is 0.190 e. The highest BCUT2D eigenvalue weighted by Crippen LogP contribution is 2.32. The van der Waals surface area contributed by atoms with Gasteiger partial charge < -0.3 is 30.6 Å². The summed E-state index contributed by atoms with van der Waals surface area (Å²) in [6.07, 6.45) is 18.4. The van der Waals surface area contributed by atoms with E-state index in [4.69, 9.17) is 0 Å². The Balaban J connectivity index is 1.63. The maximum Gasteiger partial charge on any atom is 0.190 e. The molecule has 8 heteroatoms. The molecule has 1 aliphatic rings. The number of carbonyl (C=O) groups excluding carboxylic acids is 2. The molecule has 5 unspecified atom stereocenters. The van der Waals surface area contributed by atoms with Crippen LogP contribution in [-0.2, 0) is 0 Å². The van der Waals surface area contributed by atoms with Crippen LogP contribution in [0.5, 0.6) is 0 Å². The van der Waals surface area contributed by atoms with Crippen LogP contribution in [0.25, 0.3) is 0 Å². The molecule has 0 aliphatic heterocycles. The number of carbonyl (C=O) groups is 2. The summed E-state index contributed by atoms with van der Waals surface area (Å²) >= 11 is 0. The SMILES string of the molecule is CC1=C(C/C=C(\C)CC/C=C(\C)CCCC(C)(O)CCCC(C)(O)CCCC(C)(O)CCCC(C)(O)CCCC(C)(O)CCCC(C)(C)O)C(=O)c2ccccc2C1=O. The molecule has 0 bridgehead atoms. The molecule has 5 atom stereocenters. The first kappa shape index (κ1) is 52.7. The second-order valence-corrected chi connectivity index (χ2v) is 20.6. The highest BCUT2D eigenvalue weighted by atomic mass is 16.3. The minimum atomic E-state index is -0.883. The molecule has 0 heterocycles. The third kappa shape index (κ3) is 21.3. The monoisotopic (exact) mass is 825 g/mol. The van der Waals surface area contributed by atoms with Crippen LogP contribution in [0.3, 0.4) is 0 Å². The molecule has 1 aromatic carbocycles. The number of Topliss-reactive ketones (excluding diaryl/α,β-unsaturated/α-hetero) is 2. The van der Waals surface area contributed by atoms with Crippen LogP contribution >= 0.6 is 0 Å². The summed E-state index contributed by atoms with van der Waals surface area (Å²) in [6.45, 7) is 18.7. The standard InChI is InChI=1S/C51H84O8/c1-38(20-13-21-39(2)25-26-41-40(3)44(52)42-23-11-12-24-43(42)45(41)53)22-14-28-47(6,55)30-16-32-49(8,57)34-18-36-51(10,59)37-19-35-50(9,58)33-17-31-48(7,56)29-15-27-46(4,5)54/h11-12,20,23-25,54-59H,13-19,21-22,26-37H2,1-10H3/b38-20+,39-25+. The van der Waals surface area contributed by atoms with E-state index < -0.39 is 33.6 Å². The quantitative estimate of drug-likeness (QED) is 0.0436. The molecule has 0 aromatic heterocycles. The van der Waals surface area contributed by atoms with Crippen LogP contribution < -0.4 is 0 Å². The average molecular weight is 825 g/mol. The predicted molar refractivity (Wildman–Crippen MR) is 242 cm³/mol. The molecule has 8 nitrogen and oxygen atoms in total. The molecule has 1 aliphatic carbocycles. The van der Waals surface area contributed by atoms with Crippen molar-refractivity contribution in [3.05, 3.63) is 69.8 Å². The van der Waals surface area contributed by atoms with E-state index in [2.05, 4.69) is 26.0 Å². The lowest BCUT2D eigenvalue weighted by Gasteiger charge is -2.30. The molecule has 0 saturated heterocycles. The Morgan fingerprint density at radius 1 is 0.492 bits per heavy atom. The number of hydrogen-bond donors (Lipinski definition) is 6. The minimum Gasteiger partial charge on any atom is -0.390 e. The van der Waals surface area contributed by atoms with Crippen LogP contribution in [0.1, 0.15) is 225 Å². The normalized spacial score (nSPS) is 19.5. The zero-order valence-electron chi connectivity index (χ0n) is 38.8. The lowest BCUT2D eigenvalue weighted by atomic mass is 9.83. The Bertz CT molecular complexity index is 1580. The number of aliphatic hydroxyl groups is 6. The third-order valence-electron chi connectivity index (χ3n) is 12.7. The Hall–Kier alpha value is -2.46. The summed E-state index contributed by atoms with van der Waals surface area (Å²) in [5.41, 5.74) is -0.388. The molecule has 59 heavy (non-hydrogen) atoms. The summed E-state index contributed by atoms with van der Waals surface area (Å²) in [4.78, 5) is 25.8. The van der Waals surface area contributed by atoms with E-state index in [0.717, 1.165) is 32.1 Å². The van der Waals surface area contributed by atoms with E-state index in [1.807, 2.05) is 34.6 Å². The van der Waals surface area contributed by atoms with Crippen LogP contribution in [0.15, 0.2) is 58.7 Å². The van der Waals surface area contributed by atoms with Gasteiger partial charge in [-0.05, 0) is 204 Å². The number of fused-ring (bicyclic) bond motifs is 1. The number of allylic oxidation sites excluding steroid dienone is 6. The van der Waals surface area contributed by atoms with Crippen molar-refractivity contribution in [3.8, 4) is 0 Å². The number of rotatable bonds is 29. The molecule has 0 saturated carbocycles. The molecule has 1 aromatic rings. The van der Waals surface area contributed by atoms with Gasteiger partial charge in [0.15, 0.2) is 11.6 Å². The molecule has 0 spiro atoms. The van der Waals surface area contributed by atoms with Crippen LogP contribution in [0, 0.1) is 0 Å². The fraction of sp³-hybridized carbons (Fsp3) is 0.725. The first-order valence-electron chi connectivity index (χ1n) is 22.7. The summed E-state index contributed by atoms with van der Waals surface area (Å²) in [5, 5.41) is 64.8. The van der Waals surface area contributed by atoms with Crippen molar-refractivity contribution in [2.24, 2.45) is 0 Å². The minimum absolute atomic E-state index is 0.0528. The van der Waals surface area contributed by atoms with Crippen molar-refractivity contribution >= 4 is 11.6 Å². The Kier molecular flexibility index (Phi) is 20.6. The van der Waals surface area contributed by atoms with E-state index >= 15 is 0 Å². The highest BCUT2D eigenvalue weighted by molar-refractivity contribution is 6.26. The van der Waals surface area contributed by atoms with Gasteiger partial charge in [-0.1, -0.05) is 47.6 Å². The first-order valence-corrected chi connectivity index (χ1v) is 22.7. The van der Waals surface area contributed by atoms with Gasteiger partial charge in [-0.3, -0.25) is 9.59 Å². The topological polar surface area (TPSA) is 156 Å². The number of hydrogen-bond acceptors (Lipinski definition) is 8. The fourth-order valence-corrected chi connectivity index (χ4v) is 8.50. The fourth-order valence-electron chi connectivity index (χ4n) is 8.50. The van der Waals surface area contributed by atoms with Gasteiger partial charge in [-0.15, -0.1) is 0 Å². The van der Waals surface area contributed by atoms with Crippen molar-refractivity contribution in [1.29, 1.82) is 0 Å². The van der Waals surface area contributed by atoms with Gasteiger partial charge in [-0.2, -0.15) is 0 Å². The van der Waals surface area contributed by atoms with Crippen molar-refractivity contribution in [2.45, 2.75) is 238 Å². The van der Waals surface area contributed by atoms with Gasteiger partial charge in [-0.25, -0.2) is 0 Å². The average Bonchev–Trinajstić information content (AvgIpc) is 3.09. The Morgan fingerprint density at radius 2 is 0.831 bits per heavy atom. The van der Waals surface area contributed by atoms with Crippen molar-refractivity contribution in [3.63, 3.8) is 0 Å². The van der Waals surface area contributed by atoms with Gasteiger partial charge in [0, 0.05) is 22.3 Å². The van der Waals surface area contributed by atoms with Gasteiger partial charge in [0.25, 0.3) is 0 Å². The van der Waals surface area contributed by atoms with Crippen molar-refractivity contribution in [1.82, 2.24) is 0 Å². The molecular formula is C51H84O8. The van der Waals surface area contributed by atoms with Gasteiger partial charge in [0.05, 0.1) is 33.6 Å². The second-order valence-electron chi connectivity index (χ2n) is 20.6. The zero-order valence-corrected chi connectivity index (χ0v) is 38.8. The lowest BCUT2D eigenvalue weighted by Crippen LogP contribution is -2.31. The Morgan fingerprint density at radius 3 is 1.22 bits per heavy atom. The van der Waals surface area contributed by atoms with Crippen LogP contribution in [-0.4, -0.2) is 75.8 Å². The molecule has 336 valence electrons. The first-order chi connectivity index (χ1) is 27.1. The molecule has 6 N–H and O–H groups in total. The highest BCUT2D eigenvalue weighted by Gasteiger charge is 2.30. The molecular weight excluding hydrogens is 741 g/mol. The maximum atomic E-state index is 13.0. The van der Waals surface area contributed by atoms with Crippen LogP contribution in [0.4, 0.5) is 0 Å². The summed E-state index contributed by atoms with van der Waals surface area (Å²) < 4.78 is 0. The summed E-state index contributed by atoms with van der Waals surface area (Å²) in [6, 6.07) is 7.04. The Labute approximate surface area is 358 Å². The number of ketones is 2. The summed E-state index contributed by atoms with van der Waals surface area (Å²) in [5.74, 6) is -0.116. The van der Waals surface area contributed by atoms with E-state index in [1.165, 1.54) is 11.1 Å². The molecule has 0 amide bonds. The maximum absolute atomic E-state index is 13.0. The third-order valence-corrected chi connectivity index (χ3v) is 12.7. The largest absolute Gasteiger partial charge is 0.390 e. The van der Waals surface area contributed by atoms with Gasteiger partial charge in [0.2, 0.25) is 0 Å². The summed E-state index contributed by atoms with van der Waals surface area (Å²) in [7, 11) is 0. The molecule has 0 radical (unpaired) electrons. The van der Waals surface area contributed by atoms with Crippen molar-refractivity contribution < 1.29 is 40.2 Å². The van der Waals surface area contributed by atoms with E-state index in [-0.39, 0.29) is 11.6 Å². The van der Waals surface area contributed by atoms with Gasteiger partial charge >= 0.3 is 0 Å². The van der Waals surface area contributed by atoms with E-state index in [9.17, 15) is 40.2 Å². The zero-order chi connectivity index (χ0) is 44.7. The van der Waals surface area contributed by atoms with Crippen LogP contribution in [0.2, 0.25) is 0 Å². The molecule has 0 fully saturated rings. The second kappa shape index (κ2) is 23.1. The predicted octanol–water partition coefficient (Wildman–Crippen LogP) is 11.0.